The molecule has 0 aliphatic carbocycles. The van der Waals surface area contributed by atoms with Gasteiger partial charge in [-0.2, -0.15) is 0 Å². The molecule has 6 N–H and O–H groups in total. The van der Waals surface area contributed by atoms with Crippen molar-refractivity contribution in [3.05, 3.63) is 12.5 Å². The molecule has 1 aromatic heterocycles. The summed E-state index contributed by atoms with van der Waals surface area (Å²) in [5, 5.41) is 19.6. The van der Waals surface area contributed by atoms with Gasteiger partial charge in [0.05, 0.1) is 19.1 Å². The van der Waals surface area contributed by atoms with Crippen LogP contribution in [0.25, 0.3) is 0 Å². The van der Waals surface area contributed by atoms with E-state index in [0.29, 0.717) is 0 Å². The Morgan fingerprint density at radius 3 is 2.68 bits per heavy atom. The summed E-state index contributed by atoms with van der Waals surface area (Å²) < 4.78 is 21.4. The van der Waals surface area contributed by atoms with Gasteiger partial charge in [-0.25, -0.2) is 9.55 Å². The Balaban J connectivity index is 2.07. The molecule has 1 aliphatic heterocycles. The number of hydrogen-bond acceptors (Lipinski definition) is 7. The maximum absolute atomic E-state index is 10.6. The molecule has 10 nitrogen and oxygen atoms in total. The lowest BCUT2D eigenvalue weighted by Gasteiger charge is -2.17. The van der Waals surface area contributed by atoms with Crippen molar-refractivity contribution >= 4 is 13.6 Å². The van der Waals surface area contributed by atoms with Crippen LogP contribution in [0.5, 0.6) is 0 Å². The smallest absolute Gasteiger partial charge is 0.387 e. The van der Waals surface area contributed by atoms with Crippen LogP contribution in [0.4, 0.5) is 5.82 Å². The van der Waals surface area contributed by atoms with Gasteiger partial charge in [0.15, 0.2) is 6.23 Å². The molecule has 2 rings (SSSR count). The number of imidazole rings is 1. The summed E-state index contributed by atoms with van der Waals surface area (Å²) in [6.45, 7) is -0.562. The second kappa shape index (κ2) is 5.17. The first-order chi connectivity index (χ1) is 8.79. The summed E-state index contributed by atoms with van der Waals surface area (Å²) in [5.74, 6) is 0.216. The third kappa shape index (κ3) is 3.12. The quantitative estimate of drug-likeness (QED) is 0.403. The molecule has 0 unspecified atom stereocenters. The van der Waals surface area contributed by atoms with E-state index in [0.717, 1.165) is 0 Å². The van der Waals surface area contributed by atoms with E-state index in [-0.39, 0.29) is 5.82 Å². The van der Waals surface area contributed by atoms with Crippen LogP contribution >= 0.6 is 7.82 Å². The lowest BCUT2D eigenvalue weighted by Crippen LogP contribution is -2.33. The number of phosphoric acid groups is 1. The fourth-order valence-electron chi connectivity index (χ4n) is 1.79. The monoisotopic (exact) mass is 295 g/mol. The zero-order valence-corrected chi connectivity index (χ0v) is 10.5. The molecule has 2 heterocycles. The lowest BCUT2D eigenvalue weighted by atomic mass is 10.1. The Hall–Kier alpha value is -1.00. The van der Waals surface area contributed by atoms with Crippen molar-refractivity contribution in [3.63, 3.8) is 0 Å². The topological polar surface area (TPSA) is 160 Å². The van der Waals surface area contributed by atoms with Crippen LogP contribution < -0.4 is 5.73 Å². The van der Waals surface area contributed by atoms with Crippen molar-refractivity contribution in [1.82, 2.24) is 9.55 Å². The Morgan fingerprint density at radius 1 is 1.47 bits per heavy atom. The second-order valence-corrected chi connectivity index (χ2v) is 5.30. The molecule has 11 heteroatoms. The van der Waals surface area contributed by atoms with E-state index in [1.807, 2.05) is 0 Å². The molecule has 1 fully saturated rings. The number of aromatic nitrogens is 2. The van der Waals surface area contributed by atoms with E-state index in [9.17, 15) is 14.8 Å². The summed E-state index contributed by atoms with van der Waals surface area (Å²) in [7, 11) is -4.67. The van der Waals surface area contributed by atoms with E-state index in [4.69, 9.17) is 20.3 Å². The number of anilines is 1. The molecule has 0 spiro atoms. The van der Waals surface area contributed by atoms with Gasteiger partial charge < -0.3 is 30.5 Å². The van der Waals surface area contributed by atoms with E-state index in [2.05, 4.69) is 9.51 Å². The maximum atomic E-state index is 10.6. The zero-order chi connectivity index (χ0) is 14.2. The van der Waals surface area contributed by atoms with E-state index >= 15 is 0 Å². The van der Waals surface area contributed by atoms with Crippen molar-refractivity contribution in [3.8, 4) is 0 Å². The maximum Gasteiger partial charge on any atom is 0.469 e. The summed E-state index contributed by atoms with van der Waals surface area (Å²) in [6.07, 6.45) is -2.12. The molecular formula is C8H14N3O7P. The van der Waals surface area contributed by atoms with Crippen LogP contribution in [0, 0.1) is 0 Å². The highest BCUT2D eigenvalue weighted by Gasteiger charge is 2.44. The third-order valence-corrected chi connectivity index (χ3v) is 3.20. The minimum Gasteiger partial charge on any atom is -0.387 e. The first-order valence-electron chi connectivity index (χ1n) is 5.28. The van der Waals surface area contributed by atoms with Gasteiger partial charge in [-0.3, -0.25) is 9.09 Å². The summed E-state index contributed by atoms with van der Waals surface area (Å²) >= 11 is 0. The Morgan fingerprint density at radius 2 is 2.16 bits per heavy atom. The van der Waals surface area contributed by atoms with Gasteiger partial charge in [0, 0.05) is 0 Å². The number of nitrogens with two attached hydrogens (primary N) is 1. The normalized spacial score (nSPS) is 31.8. The molecule has 0 aromatic carbocycles. The number of rotatable bonds is 4. The van der Waals surface area contributed by atoms with E-state index in [1.165, 1.54) is 17.1 Å². The van der Waals surface area contributed by atoms with Gasteiger partial charge in [-0.15, -0.1) is 0 Å². The van der Waals surface area contributed by atoms with Crippen LogP contribution in [0.2, 0.25) is 0 Å². The SMILES string of the molecule is Nc1cncn1[C@@H]1O[C@H](COP(=O)(O)O)[C@H](O)[C@H]1O. The van der Waals surface area contributed by atoms with Crippen molar-refractivity contribution in [2.24, 2.45) is 0 Å². The molecule has 1 aromatic rings. The standard InChI is InChI=1S/C8H14N3O7P/c9-5-1-10-3-11(5)8-7(13)6(12)4(18-8)2-17-19(14,15)16/h1,3-4,6-8,12-13H,2,9H2,(H2,14,15,16)/t4-,6+,7-,8-/m1/s1. The van der Waals surface area contributed by atoms with Crippen molar-refractivity contribution in [2.45, 2.75) is 24.5 Å². The first-order valence-corrected chi connectivity index (χ1v) is 6.81. The zero-order valence-electron chi connectivity index (χ0n) is 9.60. The largest absolute Gasteiger partial charge is 0.469 e. The van der Waals surface area contributed by atoms with Crippen LogP contribution in [0.1, 0.15) is 6.23 Å². The predicted molar refractivity (Wildman–Crippen MR) is 60.6 cm³/mol. The highest BCUT2D eigenvalue weighted by molar-refractivity contribution is 7.46. The Labute approximate surface area is 107 Å². The second-order valence-electron chi connectivity index (χ2n) is 4.06. The van der Waals surface area contributed by atoms with Crippen LogP contribution in [0.3, 0.4) is 0 Å². The molecule has 0 radical (unpaired) electrons. The van der Waals surface area contributed by atoms with Gasteiger partial charge >= 0.3 is 7.82 Å². The average molecular weight is 295 g/mol. The van der Waals surface area contributed by atoms with E-state index in [1.54, 1.807) is 0 Å². The molecule has 0 saturated carbocycles. The van der Waals surface area contributed by atoms with Crippen molar-refractivity contribution in [2.75, 3.05) is 12.3 Å². The highest BCUT2D eigenvalue weighted by atomic mass is 31.2. The van der Waals surface area contributed by atoms with Gasteiger partial charge in [-0.1, -0.05) is 0 Å². The van der Waals surface area contributed by atoms with Crippen LogP contribution in [-0.4, -0.2) is 54.5 Å². The van der Waals surface area contributed by atoms with Gasteiger partial charge in [-0.05, 0) is 0 Å². The minimum atomic E-state index is -4.67. The molecule has 0 amide bonds. The third-order valence-electron chi connectivity index (χ3n) is 2.71. The summed E-state index contributed by atoms with van der Waals surface area (Å²) in [4.78, 5) is 20.9. The van der Waals surface area contributed by atoms with Gasteiger partial charge in [0.2, 0.25) is 0 Å². The van der Waals surface area contributed by atoms with Crippen molar-refractivity contribution < 1.29 is 33.8 Å². The minimum absolute atomic E-state index is 0.216. The van der Waals surface area contributed by atoms with E-state index < -0.39 is 39.0 Å². The summed E-state index contributed by atoms with van der Waals surface area (Å²) in [6, 6.07) is 0. The molecular weight excluding hydrogens is 281 g/mol. The highest BCUT2D eigenvalue weighted by Crippen LogP contribution is 2.38. The van der Waals surface area contributed by atoms with Crippen LogP contribution in [0.15, 0.2) is 12.5 Å². The van der Waals surface area contributed by atoms with Gasteiger partial charge in [0.1, 0.15) is 24.1 Å². The number of nitrogen functional groups attached to an aromatic ring is 1. The lowest BCUT2D eigenvalue weighted by molar-refractivity contribution is -0.0510. The number of phosphoric ester groups is 1. The number of ether oxygens (including phenoxy) is 1. The molecule has 108 valence electrons. The number of aliphatic hydroxyl groups excluding tert-OH is 2. The molecule has 19 heavy (non-hydrogen) atoms. The predicted octanol–water partition coefficient (Wildman–Crippen LogP) is -1.81. The molecule has 4 atom stereocenters. The Bertz CT molecular complexity index is 488. The first kappa shape index (κ1) is 14.4. The molecule has 1 aliphatic rings. The number of aliphatic hydroxyl groups is 2. The fourth-order valence-corrected chi connectivity index (χ4v) is 2.14. The molecule has 0 bridgehead atoms. The van der Waals surface area contributed by atoms with Gasteiger partial charge in [0.25, 0.3) is 0 Å². The number of nitrogens with zero attached hydrogens (tertiary/aromatic N) is 2. The molecule has 1 saturated heterocycles. The average Bonchev–Trinajstić information content (AvgIpc) is 2.83. The number of hydrogen-bond donors (Lipinski definition) is 5. The van der Waals surface area contributed by atoms with Crippen molar-refractivity contribution in [1.29, 1.82) is 0 Å². The Kier molecular flexibility index (Phi) is 3.92. The van der Waals surface area contributed by atoms with Crippen LogP contribution in [-0.2, 0) is 13.8 Å². The summed E-state index contributed by atoms with van der Waals surface area (Å²) in [5.41, 5.74) is 5.59. The fraction of sp³-hybridized carbons (Fsp3) is 0.625.